The molecule has 0 fully saturated rings. The lowest BCUT2D eigenvalue weighted by molar-refractivity contribution is -0.245. The summed E-state index contributed by atoms with van der Waals surface area (Å²) >= 11 is 3.81. The van der Waals surface area contributed by atoms with Crippen LogP contribution in [0.5, 0.6) is 0 Å². The smallest absolute Gasteiger partial charge is 0.211 e. The molecular formula is C2HClNO2+. The lowest BCUT2D eigenvalue weighted by atomic mass is 11.3. The van der Waals surface area contributed by atoms with Crippen LogP contribution in [0.2, 0.25) is 0 Å². The second kappa shape index (κ2) is 2.57. The maximum atomic E-state index is 9.43. The molecule has 0 aliphatic heterocycles. The first-order chi connectivity index (χ1) is 2.77. The molecule has 3 nitrogen and oxygen atoms in total. The number of hydrogen-bond acceptors (Lipinski definition) is 2. The van der Waals surface area contributed by atoms with Crippen LogP contribution in [0.4, 0.5) is 4.79 Å². The SMILES string of the molecule is O=C=NC(=O)[ClH+]. The molecule has 4 heteroatoms. The highest BCUT2D eigenvalue weighted by Crippen LogP contribution is 1.64. The van der Waals surface area contributed by atoms with Gasteiger partial charge in [0.15, 0.2) is 0 Å². The van der Waals surface area contributed by atoms with E-state index in [2.05, 4.69) is 16.6 Å². The van der Waals surface area contributed by atoms with Gasteiger partial charge in [0, 0.05) is 0 Å². The number of amides is 1. The maximum Gasteiger partial charge on any atom is 0.538 e. The van der Waals surface area contributed by atoms with E-state index in [1.807, 2.05) is 0 Å². The molecule has 6 heavy (non-hydrogen) atoms. The minimum absolute atomic E-state index is 0.926. The Morgan fingerprint density at radius 3 is 2.33 bits per heavy atom. The van der Waals surface area contributed by atoms with E-state index < -0.39 is 5.37 Å². The van der Waals surface area contributed by atoms with E-state index >= 15 is 0 Å². The highest BCUT2D eigenvalue weighted by atomic mass is 35.5. The number of carbonyl (C=O) groups is 1. The molecule has 0 bridgehead atoms. The lowest BCUT2D eigenvalue weighted by Crippen LogP contribution is -1.74. The number of rotatable bonds is 0. The van der Waals surface area contributed by atoms with Gasteiger partial charge in [-0.15, -0.1) is 0 Å². The van der Waals surface area contributed by atoms with Crippen molar-refractivity contribution in [1.29, 1.82) is 0 Å². The summed E-state index contributed by atoms with van der Waals surface area (Å²) in [5.74, 6) is 0. The Hall–Kier alpha value is -0.660. The fraction of sp³-hybridized carbons (Fsp3) is 0. The highest BCUT2D eigenvalue weighted by molar-refractivity contribution is 5.69. The summed E-state index contributed by atoms with van der Waals surface area (Å²) in [5, 5.41) is -0.926. The van der Waals surface area contributed by atoms with Gasteiger partial charge in [-0.25, -0.2) is 4.79 Å². The molecule has 0 aromatic rings. The third kappa shape index (κ3) is 3.34. The van der Waals surface area contributed by atoms with Crippen molar-refractivity contribution in [2.24, 2.45) is 4.99 Å². The number of nitrogens with zero attached hydrogens (tertiary/aromatic N) is 1. The van der Waals surface area contributed by atoms with Crippen molar-refractivity contribution < 1.29 is 21.2 Å². The fourth-order valence-corrected chi connectivity index (χ4v) is 0.0745. The molecule has 0 atom stereocenters. The van der Waals surface area contributed by atoms with Gasteiger partial charge in [-0.1, -0.05) is 4.99 Å². The summed E-state index contributed by atoms with van der Waals surface area (Å²) in [4.78, 5) is 21.0. The maximum absolute atomic E-state index is 9.43. The highest BCUT2D eigenvalue weighted by Gasteiger charge is 1.95. The predicted octanol–water partition coefficient (Wildman–Crippen LogP) is -0.276. The third-order valence-electron chi connectivity index (χ3n) is 0.137. The Morgan fingerprint density at radius 1 is 1.83 bits per heavy atom. The zero-order valence-electron chi connectivity index (χ0n) is 2.67. The number of carbonyl (C=O) groups excluding carboxylic acids is 2. The topological polar surface area (TPSA) is 46.5 Å². The summed E-state index contributed by atoms with van der Waals surface area (Å²) in [6.45, 7) is 0. The molecule has 0 N–H and O–H groups in total. The summed E-state index contributed by atoms with van der Waals surface area (Å²) in [7, 11) is 0. The van der Waals surface area contributed by atoms with E-state index in [9.17, 15) is 4.79 Å². The lowest BCUT2D eigenvalue weighted by Gasteiger charge is -1.45. The van der Waals surface area contributed by atoms with Crippen LogP contribution < -0.4 is 0 Å². The average Bonchev–Trinajstić information content (AvgIpc) is 1.35. The molecule has 0 aliphatic rings. The van der Waals surface area contributed by atoms with Crippen molar-refractivity contribution >= 4 is 11.4 Å². The van der Waals surface area contributed by atoms with E-state index in [0.29, 0.717) is 0 Å². The zero-order valence-corrected chi connectivity index (χ0v) is 3.49. The summed E-state index contributed by atoms with van der Waals surface area (Å²) in [5.41, 5.74) is 0. The van der Waals surface area contributed by atoms with Gasteiger partial charge in [-0.05, 0) is 0 Å². The van der Waals surface area contributed by atoms with Crippen LogP contribution in [-0.2, 0) is 4.79 Å². The van der Waals surface area contributed by atoms with Crippen molar-refractivity contribution in [3.63, 3.8) is 0 Å². The largest absolute Gasteiger partial charge is 0.538 e. The zero-order chi connectivity index (χ0) is 4.99. The summed E-state index contributed by atoms with van der Waals surface area (Å²) < 4.78 is 0. The predicted molar refractivity (Wildman–Crippen MR) is 14.9 cm³/mol. The molecule has 0 aromatic carbocycles. The first kappa shape index (κ1) is 5.34. The van der Waals surface area contributed by atoms with E-state index in [4.69, 9.17) is 4.79 Å². The number of aliphatic imine (C=N–C) groups is 1. The minimum Gasteiger partial charge on any atom is -0.211 e. The molecule has 0 heterocycles. The van der Waals surface area contributed by atoms with Crippen LogP contribution in [0.1, 0.15) is 0 Å². The van der Waals surface area contributed by atoms with Gasteiger partial charge in [-0.3, -0.25) is 0 Å². The molecule has 0 radical (unpaired) electrons. The Bertz CT molecular complexity index is 104. The van der Waals surface area contributed by atoms with Crippen LogP contribution in [0.15, 0.2) is 4.99 Å². The molecule has 1 amide bonds. The van der Waals surface area contributed by atoms with Gasteiger partial charge >= 0.3 is 5.37 Å². The van der Waals surface area contributed by atoms with Crippen molar-refractivity contribution in [2.75, 3.05) is 0 Å². The van der Waals surface area contributed by atoms with Gasteiger partial charge < -0.3 is 0 Å². The quantitative estimate of drug-likeness (QED) is 0.185. The Kier molecular flexibility index (Phi) is 2.29. The Labute approximate surface area is 38.6 Å². The Balaban J connectivity index is 3.60. The monoisotopic (exact) mass is 106 g/mol. The molecule has 0 unspecified atom stereocenters. The van der Waals surface area contributed by atoms with Crippen LogP contribution >= 0.6 is 0 Å². The molecule has 0 aromatic heterocycles. The van der Waals surface area contributed by atoms with E-state index in [-0.39, 0.29) is 0 Å². The molecule has 0 saturated carbocycles. The standard InChI is InChI=1S/C2HClNO2/c3-2(6)4-1-5/h3H/q+1. The van der Waals surface area contributed by atoms with E-state index in [1.165, 1.54) is 0 Å². The molecule has 32 valence electrons. The first-order valence-corrected chi connectivity index (χ1v) is 1.47. The average molecular weight is 106 g/mol. The molecule has 0 rings (SSSR count). The van der Waals surface area contributed by atoms with Crippen molar-refractivity contribution in [3.8, 4) is 0 Å². The fourth-order valence-electron chi connectivity index (χ4n) is 0.0373. The van der Waals surface area contributed by atoms with Crippen LogP contribution in [0.3, 0.4) is 0 Å². The van der Waals surface area contributed by atoms with Crippen LogP contribution in [0, 0.1) is 11.6 Å². The van der Waals surface area contributed by atoms with Crippen LogP contribution in [-0.4, -0.2) is 11.4 Å². The second-order valence-electron chi connectivity index (χ2n) is 0.469. The third-order valence-corrected chi connectivity index (χ3v) is 0.228. The van der Waals surface area contributed by atoms with E-state index in [1.54, 1.807) is 0 Å². The van der Waals surface area contributed by atoms with Gasteiger partial charge in [0.25, 0.3) is 0 Å². The van der Waals surface area contributed by atoms with Gasteiger partial charge in [0.1, 0.15) is 0 Å². The van der Waals surface area contributed by atoms with E-state index in [0.717, 1.165) is 6.08 Å². The molecule has 0 saturated heterocycles. The van der Waals surface area contributed by atoms with Crippen molar-refractivity contribution in [2.45, 2.75) is 0 Å². The minimum atomic E-state index is -0.926. The van der Waals surface area contributed by atoms with Gasteiger partial charge in [0.2, 0.25) is 17.7 Å². The summed E-state index contributed by atoms with van der Waals surface area (Å²) in [6.07, 6.45) is 0.988. The number of halogens is 1. The van der Waals surface area contributed by atoms with Crippen LogP contribution in [0.25, 0.3) is 0 Å². The van der Waals surface area contributed by atoms with Gasteiger partial charge in [-0.2, -0.15) is 4.79 Å². The Morgan fingerprint density at radius 2 is 2.33 bits per heavy atom. The van der Waals surface area contributed by atoms with Crippen molar-refractivity contribution in [1.82, 2.24) is 0 Å². The molecular weight excluding hydrogens is 105 g/mol. The van der Waals surface area contributed by atoms with Gasteiger partial charge in [0.05, 0.1) is 0 Å². The second-order valence-corrected chi connectivity index (χ2v) is 0.818. The van der Waals surface area contributed by atoms with Crippen molar-refractivity contribution in [3.05, 3.63) is 0 Å². The normalized spacial score (nSPS) is 6.17. The number of isocyanates is 1. The molecule has 0 aliphatic carbocycles. The summed E-state index contributed by atoms with van der Waals surface area (Å²) in [6, 6.07) is 0. The molecule has 0 spiro atoms. The first-order valence-electron chi connectivity index (χ1n) is 1.06. The number of hydrogen-bond donors (Lipinski definition) is 0.